The molecule has 5 rings (SSSR count). The van der Waals surface area contributed by atoms with Crippen molar-refractivity contribution in [3.05, 3.63) is 135 Å². The quantitative estimate of drug-likeness (QED) is 0.135. The summed E-state index contributed by atoms with van der Waals surface area (Å²) in [7, 11) is 0. The number of nitrogens with zero attached hydrogens (tertiary/aromatic N) is 2. The molecule has 0 unspecified atom stereocenters. The third kappa shape index (κ3) is 6.28. The van der Waals surface area contributed by atoms with Crippen LogP contribution < -0.4 is 0 Å². The van der Waals surface area contributed by atoms with E-state index in [1.807, 2.05) is 66.7 Å². The van der Waals surface area contributed by atoms with Crippen LogP contribution in [0.5, 0.6) is 0 Å². The lowest BCUT2D eigenvalue weighted by atomic mass is 10.0. The van der Waals surface area contributed by atoms with Gasteiger partial charge in [-0.2, -0.15) is 0 Å². The van der Waals surface area contributed by atoms with Crippen LogP contribution in [0.15, 0.2) is 103 Å². The number of carbonyl (C=O) groups excluding carboxylic acids is 2. The molecule has 0 aliphatic heterocycles. The van der Waals surface area contributed by atoms with Gasteiger partial charge in [-0.05, 0) is 35.4 Å². The molecule has 1 heterocycles. The van der Waals surface area contributed by atoms with Gasteiger partial charge in [0, 0.05) is 24.0 Å². The number of carbonyl (C=O) groups is 2. The summed E-state index contributed by atoms with van der Waals surface area (Å²) >= 11 is 18.8. The molecule has 4 aromatic carbocycles. The Morgan fingerprint density at radius 1 is 0.725 bits per heavy atom. The zero-order chi connectivity index (χ0) is 28.1. The molecular formula is C32H23Cl3N2O3. The molecule has 0 bridgehead atoms. The Balaban J connectivity index is 1.41. The van der Waals surface area contributed by atoms with Crippen LogP contribution in [0.1, 0.15) is 21.5 Å². The Hall–Kier alpha value is -3.90. The second-order valence-corrected chi connectivity index (χ2v) is 10.3. The van der Waals surface area contributed by atoms with Gasteiger partial charge in [0.2, 0.25) is 0 Å². The number of para-hydroxylation sites is 1. The first-order chi connectivity index (χ1) is 19.4. The highest BCUT2D eigenvalue weighted by Gasteiger charge is 2.21. The van der Waals surface area contributed by atoms with E-state index < -0.39 is 12.6 Å². The van der Waals surface area contributed by atoms with Gasteiger partial charge in [0.05, 0.1) is 31.8 Å². The van der Waals surface area contributed by atoms with Crippen molar-refractivity contribution in [3.8, 4) is 11.3 Å². The molecule has 0 aliphatic rings. The predicted octanol–water partition coefficient (Wildman–Crippen LogP) is 8.25. The van der Waals surface area contributed by atoms with Crippen LogP contribution in [0.4, 0.5) is 0 Å². The number of hydrogen-bond donors (Lipinski definition) is 0. The van der Waals surface area contributed by atoms with E-state index in [4.69, 9.17) is 39.5 Å². The predicted molar refractivity (Wildman–Crippen MR) is 160 cm³/mol. The first-order valence-corrected chi connectivity index (χ1v) is 13.6. The smallest absolute Gasteiger partial charge is 0.339 e. The normalized spacial score (nSPS) is 10.9. The number of hydrogen-bond acceptors (Lipinski definition) is 4. The van der Waals surface area contributed by atoms with Crippen molar-refractivity contribution in [2.75, 3.05) is 6.61 Å². The minimum atomic E-state index is -0.649. The fourth-order valence-corrected chi connectivity index (χ4v) is 4.97. The summed E-state index contributed by atoms with van der Waals surface area (Å²) in [4.78, 5) is 33.1. The molecule has 0 fully saturated rings. The van der Waals surface area contributed by atoms with Gasteiger partial charge in [-0.3, -0.25) is 4.79 Å². The summed E-state index contributed by atoms with van der Waals surface area (Å²) in [5, 5.41) is 1.32. The number of aromatic nitrogens is 1. The van der Waals surface area contributed by atoms with Crippen molar-refractivity contribution < 1.29 is 14.3 Å². The fraction of sp³-hybridized carbons (Fsp3) is 0.0938. The molecule has 0 aliphatic carbocycles. The number of esters is 1. The van der Waals surface area contributed by atoms with E-state index in [0.29, 0.717) is 40.3 Å². The van der Waals surface area contributed by atoms with Gasteiger partial charge in [-0.1, -0.05) is 114 Å². The topological polar surface area (TPSA) is 59.5 Å². The third-order valence-electron chi connectivity index (χ3n) is 6.36. The van der Waals surface area contributed by atoms with Gasteiger partial charge in [0.1, 0.15) is 0 Å². The summed E-state index contributed by atoms with van der Waals surface area (Å²) in [5.74, 6) is -0.962. The van der Waals surface area contributed by atoms with Crippen molar-refractivity contribution in [3.63, 3.8) is 0 Å². The van der Waals surface area contributed by atoms with Gasteiger partial charge in [0.25, 0.3) is 5.91 Å². The van der Waals surface area contributed by atoms with Gasteiger partial charge in [-0.25, -0.2) is 9.78 Å². The van der Waals surface area contributed by atoms with Gasteiger partial charge < -0.3 is 9.64 Å². The standard InChI is InChI=1S/C32H23Cl3N2O3/c33-26-16-15-24(30(34)31(26)35)28-17-25(23-13-7-8-14-27(23)36-28)32(39)40-20-29(38)37(18-21-9-3-1-4-10-21)19-22-11-5-2-6-12-22/h1-17H,18-20H2. The van der Waals surface area contributed by atoms with E-state index >= 15 is 0 Å². The van der Waals surface area contributed by atoms with Gasteiger partial charge in [-0.15, -0.1) is 0 Å². The Kier molecular flexibility index (Phi) is 8.66. The molecule has 40 heavy (non-hydrogen) atoms. The Bertz CT molecular complexity index is 1640. The highest BCUT2D eigenvalue weighted by Crippen LogP contribution is 2.38. The van der Waals surface area contributed by atoms with Crippen molar-refractivity contribution >= 4 is 57.6 Å². The molecule has 0 N–H and O–H groups in total. The van der Waals surface area contributed by atoms with Crippen LogP contribution in [-0.2, 0) is 22.6 Å². The zero-order valence-corrected chi connectivity index (χ0v) is 23.5. The average Bonchev–Trinajstić information content (AvgIpc) is 2.98. The second-order valence-electron chi connectivity index (χ2n) is 9.09. The van der Waals surface area contributed by atoms with Crippen LogP contribution >= 0.6 is 34.8 Å². The van der Waals surface area contributed by atoms with Crippen LogP contribution in [0, 0.1) is 0 Å². The molecule has 0 saturated carbocycles. The number of amides is 1. The lowest BCUT2D eigenvalue weighted by molar-refractivity contribution is -0.135. The number of ether oxygens (including phenoxy) is 1. The monoisotopic (exact) mass is 588 g/mol. The largest absolute Gasteiger partial charge is 0.452 e. The summed E-state index contributed by atoms with van der Waals surface area (Å²) < 4.78 is 5.58. The summed E-state index contributed by atoms with van der Waals surface area (Å²) in [6.07, 6.45) is 0. The maximum absolute atomic E-state index is 13.4. The van der Waals surface area contributed by atoms with E-state index in [-0.39, 0.29) is 21.5 Å². The Labute approximate surface area is 246 Å². The first-order valence-electron chi connectivity index (χ1n) is 12.5. The maximum atomic E-state index is 13.4. The Morgan fingerprint density at radius 2 is 1.32 bits per heavy atom. The molecule has 0 radical (unpaired) electrons. The second kappa shape index (κ2) is 12.5. The van der Waals surface area contributed by atoms with Gasteiger partial charge >= 0.3 is 5.97 Å². The lowest BCUT2D eigenvalue weighted by Crippen LogP contribution is -2.34. The van der Waals surface area contributed by atoms with Crippen LogP contribution in [0.3, 0.4) is 0 Å². The molecule has 0 spiro atoms. The minimum Gasteiger partial charge on any atom is -0.452 e. The molecular weight excluding hydrogens is 567 g/mol. The molecule has 0 atom stereocenters. The van der Waals surface area contributed by atoms with E-state index in [0.717, 1.165) is 11.1 Å². The maximum Gasteiger partial charge on any atom is 0.339 e. The van der Waals surface area contributed by atoms with Crippen LogP contribution in [0.2, 0.25) is 15.1 Å². The van der Waals surface area contributed by atoms with E-state index in [1.54, 1.807) is 41.3 Å². The van der Waals surface area contributed by atoms with Gasteiger partial charge in [0.15, 0.2) is 6.61 Å². The van der Waals surface area contributed by atoms with Crippen molar-refractivity contribution in [1.82, 2.24) is 9.88 Å². The first kappa shape index (κ1) is 27.7. The SMILES string of the molecule is O=C(OCC(=O)N(Cc1ccccc1)Cc1ccccc1)c1cc(-c2ccc(Cl)c(Cl)c2Cl)nc2ccccc12. The lowest BCUT2D eigenvalue weighted by Gasteiger charge is -2.23. The molecule has 200 valence electrons. The van der Waals surface area contributed by atoms with E-state index in [9.17, 15) is 9.59 Å². The molecule has 5 nitrogen and oxygen atoms in total. The number of halogens is 3. The molecule has 0 saturated heterocycles. The van der Waals surface area contributed by atoms with Crippen molar-refractivity contribution in [1.29, 1.82) is 0 Å². The molecule has 1 aromatic heterocycles. The number of pyridine rings is 1. The van der Waals surface area contributed by atoms with Crippen LogP contribution in [0.25, 0.3) is 22.2 Å². The highest BCUT2D eigenvalue weighted by molar-refractivity contribution is 6.49. The van der Waals surface area contributed by atoms with E-state index in [1.165, 1.54) is 0 Å². The summed E-state index contributed by atoms with van der Waals surface area (Å²) in [5.41, 5.74) is 3.71. The highest BCUT2D eigenvalue weighted by atomic mass is 35.5. The van der Waals surface area contributed by atoms with E-state index in [2.05, 4.69) is 4.98 Å². The zero-order valence-electron chi connectivity index (χ0n) is 21.2. The van der Waals surface area contributed by atoms with Crippen molar-refractivity contribution in [2.45, 2.75) is 13.1 Å². The van der Waals surface area contributed by atoms with Crippen LogP contribution in [-0.4, -0.2) is 28.4 Å². The summed E-state index contributed by atoms with van der Waals surface area (Å²) in [6, 6.07) is 31.4. The average molecular weight is 590 g/mol. The minimum absolute atomic E-state index is 0.197. The fourth-order valence-electron chi connectivity index (χ4n) is 4.34. The number of fused-ring (bicyclic) bond motifs is 1. The Morgan fingerprint density at radius 3 is 1.98 bits per heavy atom. The number of benzene rings is 4. The third-order valence-corrected chi connectivity index (χ3v) is 7.65. The number of rotatable bonds is 8. The molecule has 8 heteroatoms. The molecule has 5 aromatic rings. The van der Waals surface area contributed by atoms with Crippen molar-refractivity contribution in [2.24, 2.45) is 0 Å². The molecule has 1 amide bonds. The summed E-state index contributed by atoms with van der Waals surface area (Å²) in [6.45, 7) is 0.340.